The summed E-state index contributed by atoms with van der Waals surface area (Å²) in [7, 11) is 0. The van der Waals surface area contributed by atoms with Crippen LogP contribution >= 0.6 is 0 Å². The summed E-state index contributed by atoms with van der Waals surface area (Å²) >= 11 is 0. The zero-order valence-corrected chi connectivity index (χ0v) is 12.0. The van der Waals surface area contributed by atoms with Gasteiger partial charge in [0.2, 0.25) is 0 Å². The lowest BCUT2D eigenvalue weighted by molar-refractivity contribution is -0.0924. The summed E-state index contributed by atoms with van der Waals surface area (Å²) in [6.45, 7) is 10.1. The summed E-state index contributed by atoms with van der Waals surface area (Å²) in [5.41, 5.74) is 0. The Balaban J connectivity index is 0. The minimum absolute atomic E-state index is 0.853. The van der Waals surface area contributed by atoms with E-state index in [0.29, 0.717) is 0 Å². The molecule has 0 fully saturated rings. The zero-order chi connectivity index (χ0) is 12.6. The lowest BCUT2D eigenvalue weighted by Gasteiger charge is -2.13. The van der Waals surface area contributed by atoms with E-state index in [1.54, 1.807) is 0 Å². The maximum absolute atomic E-state index is 9.48. The molecule has 2 heteroatoms. The van der Waals surface area contributed by atoms with E-state index in [2.05, 4.69) is 13.8 Å². The Morgan fingerprint density at radius 1 is 0.688 bits per heavy atom. The maximum Gasteiger partial charge on any atom is 0.0238 e. The monoisotopic (exact) mass is 231 g/mol. The van der Waals surface area contributed by atoms with Crippen molar-refractivity contribution in [3.63, 3.8) is 0 Å². The smallest absolute Gasteiger partial charge is 0.0238 e. The van der Waals surface area contributed by atoms with Crippen LogP contribution in [0.2, 0.25) is 0 Å². The van der Waals surface area contributed by atoms with Gasteiger partial charge in [-0.3, -0.25) is 0 Å². The number of hydroxylamine groups is 2. The Bertz CT molecular complexity index is 94.9. The number of hydrogen-bond acceptors (Lipinski definition) is 2. The van der Waals surface area contributed by atoms with Gasteiger partial charge in [0.15, 0.2) is 0 Å². The van der Waals surface area contributed by atoms with Gasteiger partial charge in [0.05, 0.1) is 0 Å². The summed E-state index contributed by atoms with van der Waals surface area (Å²) in [6, 6.07) is 0. The fourth-order valence-corrected chi connectivity index (χ4v) is 1.55. The highest BCUT2D eigenvalue weighted by Crippen LogP contribution is 2.03. The van der Waals surface area contributed by atoms with Crippen molar-refractivity contribution in [2.24, 2.45) is 0 Å². The van der Waals surface area contributed by atoms with Crippen LogP contribution in [0.5, 0.6) is 0 Å². The summed E-state index contributed by atoms with van der Waals surface area (Å²) in [4.78, 5) is 0. The molecule has 0 radical (unpaired) electrons. The highest BCUT2D eigenvalue weighted by Gasteiger charge is 1.99. The van der Waals surface area contributed by atoms with E-state index in [4.69, 9.17) is 0 Å². The normalized spacial score (nSPS) is 10.1. The van der Waals surface area contributed by atoms with Crippen molar-refractivity contribution in [2.75, 3.05) is 13.1 Å². The molecule has 0 bridgehead atoms. The van der Waals surface area contributed by atoms with Crippen molar-refractivity contribution in [1.82, 2.24) is 5.06 Å². The van der Waals surface area contributed by atoms with Crippen molar-refractivity contribution >= 4 is 0 Å². The molecule has 0 aromatic rings. The molecule has 0 aromatic carbocycles. The molecule has 0 spiro atoms. The number of rotatable bonds is 10. The second-order valence-corrected chi connectivity index (χ2v) is 4.07. The molecule has 0 aromatic heterocycles. The quantitative estimate of drug-likeness (QED) is 0.428. The minimum atomic E-state index is 0.853. The van der Waals surface area contributed by atoms with Gasteiger partial charge in [-0.05, 0) is 12.8 Å². The van der Waals surface area contributed by atoms with Crippen LogP contribution in [0.15, 0.2) is 0 Å². The van der Waals surface area contributed by atoms with Crippen molar-refractivity contribution in [3.8, 4) is 0 Å². The first-order chi connectivity index (χ1) is 7.81. The molecule has 100 valence electrons. The topological polar surface area (TPSA) is 23.5 Å². The molecular formula is C14H33NO. The van der Waals surface area contributed by atoms with E-state index in [-0.39, 0.29) is 0 Å². The first kappa shape index (κ1) is 18.3. The summed E-state index contributed by atoms with van der Waals surface area (Å²) < 4.78 is 0. The number of nitrogens with zero attached hydrogens (tertiary/aromatic N) is 1. The largest absolute Gasteiger partial charge is 0.314 e. The Labute approximate surface area is 103 Å². The van der Waals surface area contributed by atoms with Crippen LogP contribution in [0.4, 0.5) is 0 Å². The molecule has 2 nitrogen and oxygen atoms in total. The summed E-state index contributed by atoms with van der Waals surface area (Å²) in [6.07, 6.45) is 9.90. The Morgan fingerprint density at radius 2 is 1.06 bits per heavy atom. The molecule has 0 amide bonds. The Morgan fingerprint density at radius 3 is 1.38 bits per heavy atom. The highest BCUT2D eigenvalue weighted by molar-refractivity contribution is 4.49. The van der Waals surface area contributed by atoms with Crippen molar-refractivity contribution in [1.29, 1.82) is 0 Å². The number of hydrogen-bond donors (Lipinski definition) is 1. The third-order valence-corrected chi connectivity index (χ3v) is 2.54. The van der Waals surface area contributed by atoms with E-state index in [1.807, 2.05) is 13.8 Å². The van der Waals surface area contributed by atoms with Gasteiger partial charge in [-0.25, -0.2) is 0 Å². The molecule has 0 aliphatic heterocycles. The van der Waals surface area contributed by atoms with Crippen LogP contribution in [0.25, 0.3) is 0 Å². The third kappa shape index (κ3) is 16.4. The standard InChI is InChI=1S/C12H27NO.C2H6/c1-3-5-7-9-11-13(14)12-10-8-6-4-2;1-2/h14H,3-12H2,1-2H3;1-2H3. The van der Waals surface area contributed by atoms with Gasteiger partial charge >= 0.3 is 0 Å². The molecule has 0 saturated carbocycles. The molecule has 16 heavy (non-hydrogen) atoms. The zero-order valence-electron chi connectivity index (χ0n) is 12.0. The highest BCUT2D eigenvalue weighted by atomic mass is 16.5. The predicted molar refractivity (Wildman–Crippen MR) is 73.0 cm³/mol. The van der Waals surface area contributed by atoms with Gasteiger partial charge in [-0.15, -0.1) is 0 Å². The van der Waals surface area contributed by atoms with Crippen LogP contribution in [0, 0.1) is 0 Å². The van der Waals surface area contributed by atoms with Crippen LogP contribution in [0.1, 0.15) is 79.1 Å². The first-order valence-corrected chi connectivity index (χ1v) is 7.25. The molecule has 0 unspecified atom stereocenters. The predicted octanol–water partition coefficient (Wildman–Crippen LogP) is 4.86. The van der Waals surface area contributed by atoms with Gasteiger partial charge in [0, 0.05) is 13.1 Å². The average Bonchev–Trinajstić information content (AvgIpc) is 2.33. The van der Waals surface area contributed by atoms with Gasteiger partial charge < -0.3 is 5.21 Å². The Kier molecular flexibility index (Phi) is 19.8. The lowest BCUT2D eigenvalue weighted by atomic mass is 10.2. The third-order valence-electron chi connectivity index (χ3n) is 2.54. The van der Waals surface area contributed by atoms with Crippen LogP contribution in [0.3, 0.4) is 0 Å². The molecule has 0 saturated heterocycles. The lowest BCUT2D eigenvalue weighted by Crippen LogP contribution is -2.21. The molecule has 0 aliphatic carbocycles. The second-order valence-electron chi connectivity index (χ2n) is 4.07. The van der Waals surface area contributed by atoms with Crippen LogP contribution in [-0.2, 0) is 0 Å². The second kappa shape index (κ2) is 17.3. The van der Waals surface area contributed by atoms with Crippen LogP contribution < -0.4 is 0 Å². The van der Waals surface area contributed by atoms with E-state index < -0.39 is 0 Å². The molecule has 0 rings (SSSR count). The van der Waals surface area contributed by atoms with E-state index in [1.165, 1.54) is 43.6 Å². The fraction of sp³-hybridized carbons (Fsp3) is 1.00. The molecule has 0 aliphatic rings. The molecule has 0 heterocycles. The van der Waals surface area contributed by atoms with E-state index in [9.17, 15) is 5.21 Å². The van der Waals surface area contributed by atoms with Crippen molar-refractivity contribution in [2.45, 2.75) is 79.1 Å². The average molecular weight is 231 g/mol. The minimum Gasteiger partial charge on any atom is -0.314 e. The molecule has 1 N–H and O–H groups in total. The van der Waals surface area contributed by atoms with Gasteiger partial charge in [0.25, 0.3) is 0 Å². The Hall–Kier alpha value is -0.0800. The SMILES string of the molecule is CC.CCCCCCN(O)CCCCCC. The summed E-state index contributed by atoms with van der Waals surface area (Å²) in [5, 5.41) is 11.0. The van der Waals surface area contributed by atoms with Crippen molar-refractivity contribution in [3.05, 3.63) is 0 Å². The molecule has 0 atom stereocenters. The maximum atomic E-state index is 9.48. The summed E-state index contributed by atoms with van der Waals surface area (Å²) in [5.74, 6) is 0. The van der Waals surface area contributed by atoms with Crippen LogP contribution in [-0.4, -0.2) is 23.4 Å². The van der Waals surface area contributed by atoms with E-state index >= 15 is 0 Å². The number of unbranched alkanes of at least 4 members (excludes halogenated alkanes) is 6. The van der Waals surface area contributed by atoms with Crippen molar-refractivity contribution < 1.29 is 5.21 Å². The van der Waals surface area contributed by atoms with Gasteiger partial charge in [-0.2, -0.15) is 5.06 Å². The first-order valence-electron chi connectivity index (χ1n) is 7.25. The molecular weight excluding hydrogens is 198 g/mol. The van der Waals surface area contributed by atoms with E-state index in [0.717, 1.165) is 25.9 Å². The van der Waals surface area contributed by atoms with Gasteiger partial charge in [0.1, 0.15) is 0 Å². The fourth-order valence-electron chi connectivity index (χ4n) is 1.55. The van der Waals surface area contributed by atoms with Gasteiger partial charge in [-0.1, -0.05) is 66.2 Å².